The predicted molar refractivity (Wildman–Crippen MR) is 87.5 cm³/mol. The fourth-order valence-corrected chi connectivity index (χ4v) is 4.51. The molecule has 0 bridgehead atoms. The minimum atomic E-state index is 0.259. The number of nitrogens with one attached hydrogen (secondary N) is 1. The molecule has 0 radical (unpaired) electrons. The van der Waals surface area contributed by atoms with Crippen molar-refractivity contribution in [3.8, 4) is 0 Å². The summed E-state index contributed by atoms with van der Waals surface area (Å²) in [5.41, 5.74) is 1.35. The Morgan fingerprint density at radius 3 is 3.05 bits per heavy atom. The van der Waals surface area contributed by atoms with Crippen LogP contribution in [0, 0.1) is 5.92 Å². The predicted octanol–water partition coefficient (Wildman–Crippen LogP) is 3.19. The van der Waals surface area contributed by atoms with Gasteiger partial charge in [0, 0.05) is 24.0 Å². The molecule has 0 unspecified atom stereocenters. The average Bonchev–Trinajstić information content (AvgIpc) is 3.00. The number of hydrogen-bond acceptors (Lipinski definition) is 3. The van der Waals surface area contributed by atoms with E-state index >= 15 is 0 Å². The van der Waals surface area contributed by atoms with Crippen molar-refractivity contribution >= 4 is 17.2 Å². The first kappa shape index (κ1) is 15.0. The topological polar surface area (TPSA) is 32.3 Å². The molecular formula is C17H26N2OS. The Bertz CT molecular complexity index is 479. The van der Waals surface area contributed by atoms with Gasteiger partial charge in [-0.3, -0.25) is 4.79 Å². The van der Waals surface area contributed by atoms with E-state index in [1.165, 1.54) is 42.5 Å². The molecule has 1 aromatic heterocycles. The zero-order valence-corrected chi connectivity index (χ0v) is 13.8. The summed E-state index contributed by atoms with van der Waals surface area (Å²) in [6, 6.07) is 2.63. The molecule has 3 rings (SSSR count). The van der Waals surface area contributed by atoms with Crippen LogP contribution in [-0.4, -0.2) is 29.9 Å². The summed E-state index contributed by atoms with van der Waals surface area (Å²) in [4.78, 5) is 15.9. The van der Waals surface area contributed by atoms with Gasteiger partial charge in [0.2, 0.25) is 5.91 Å². The van der Waals surface area contributed by atoms with Crippen LogP contribution in [0.5, 0.6) is 0 Å². The first-order chi connectivity index (χ1) is 10.2. The summed E-state index contributed by atoms with van der Waals surface area (Å²) in [6.07, 6.45) is 7.78. The fourth-order valence-electron chi connectivity index (χ4n) is 3.62. The van der Waals surface area contributed by atoms with E-state index in [0.717, 1.165) is 25.4 Å². The second kappa shape index (κ2) is 6.93. The highest BCUT2D eigenvalue weighted by Gasteiger charge is 2.23. The van der Waals surface area contributed by atoms with Gasteiger partial charge in [-0.1, -0.05) is 19.3 Å². The number of thiophene rings is 1. The first-order valence-corrected chi connectivity index (χ1v) is 9.18. The first-order valence-electron chi connectivity index (χ1n) is 8.30. The number of carbonyl (C=O) groups excluding carboxylic acids is 1. The minimum absolute atomic E-state index is 0.259. The third-order valence-corrected chi connectivity index (χ3v) is 6.12. The lowest BCUT2D eigenvalue weighted by Crippen LogP contribution is -2.44. The highest BCUT2D eigenvalue weighted by atomic mass is 32.1. The molecule has 2 heterocycles. The molecule has 0 aromatic carbocycles. The van der Waals surface area contributed by atoms with Crippen molar-refractivity contribution in [2.45, 2.75) is 58.0 Å². The molecule has 2 aliphatic rings. The molecule has 1 aliphatic heterocycles. The largest absolute Gasteiger partial charge is 0.337 e. The second-order valence-corrected chi connectivity index (χ2v) is 7.50. The van der Waals surface area contributed by atoms with E-state index in [1.807, 2.05) is 16.2 Å². The Balaban J connectivity index is 1.46. The van der Waals surface area contributed by atoms with Crippen LogP contribution in [0.25, 0.3) is 0 Å². The number of nitrogens with zero attached hydrogens (tertiary/aromatic N) is 1. The maximum atomic E-state index is 12.4. The zero-order chi connectivity index (χ0) is 14.7. The summed E-state index contributed by atoms with van der Waals surface area (Å²) >= 11 is 1.82. The Morgan fingerprint density at radius 1 is 1.43 bits per heavy atom. The lowest BCUT2D eigenvalue weighted by molar-refractivity contribution is -0.131. The highest BCUT2D eigenvalue weighted by Crippen LogP contribution is 2.26. The maximum absolute atomic E-state index is 12.4. The van der Waals surface area contributed by atoms with E-state index in [9.17, 15) is 4.79 Å². The monoisotopic (exact) mass is 306 g/mol. The van der Waals surface area contributed by atoms with Crippen LogP contribution in [0.4, 0.5) is 0 Å². The SMILES string of the molecule is C[C@@H](NCC(=O)N1CCc2sccc2C1)C1CCCCC1. The third-order valence-electron chi connectivity index (χ3n) is 5.09. The van der Waals surface area contributed by atoms with E-state index in [1.54, 1.807) is 0 Å². The van der Waals surface area contributed by atoms with E-state index in [0.29, 0.717) is 12.6 Å². The smallest absolute Gasteiger partial charge is 0.236 e. The van der Waals surface area contributed by atoms with E-state index in [-0.39, 0.29) is 5.91 Å². The number of amides is 1. The van der Waals surface area contributed by atoms with Crippen molar-refractivity contribution in [3.63, 3.8) is 0 Å². The molecular weight excluding hydrogens is 280 g/mol. The molecule has 3 nitrogen and oxygen atoms in total. The van der Waals surface area contributed by atoms with Crippen LogP contribution in [0.3, 0.4) is 0 Å². The highest BCUT2D eigenvalue weighted by molar-refractivity contribution is 7.10. The Labute approximate surface area is 131 Å². The Morgan fingerprint density at radius 2 is 2.24 bits per heavy atom. The molecule has 0 spiro atoms. The molecule has 1 atom stereocenters. The summed E-state index contributed by atoms with van der Waals surface area (Å²) in [5.74, 6) is 1.02. The van der Waals surface area contributed by atoms with Crippen molar-refractivity contribution in [2.75, 3.05) is 13.1 Å². The van der Waals surface area contributed by atoms with Crippen molar-refractivity contribution in [2.24, 2.45) is 5.92 Å². The zero-order valence-electron chi connectivity index (χ0n) is 12.9. The van der Waals surface area contributed by atoms with E-state index in [4.69, 9.17) is 0 Å². The molecule has 0 saturated heterocycles. The van der Waals surface area contributed by atoms with Crippen molar-refractivity contribution in [1.29, 1.82) is 0 Å². The van der Waals surface area contributed by atoms with Crippen molar-refractivity contribution in [1.82, 2.24) is 10.2 Å². The molecule has 1 fully saturated rings. The van der Waals surface area contributed by atoms with Gasteiger partial charge in [-0.2, -0.15) is 0 Å². The van der Waals surface area contributed by atoms with Crippen molar-refractivity contribution < 1.29 is 4.79 Å². The van der Waals surface area contributed by atoms with Gasteiger partial charge in [0.1, 0.15) is 0 Å². The Hall–Kier alpha value is -0.870. The minimum Gasteiger partial charge on any atom is -0.337 e. The summed E-state index contributed by atoms with van der Waals surface area (Å²) < 4.78 is 0. The number of fused-ring (bicyclic) bond motifs is 1. The van der Waals surface area contributed by atoms with Crippen LogP contribution < -0.4 is 5.32 Å². The van der Waals surface area contributed by atoms with Gasteiger partial charge in [0.25, 0.3) is 0 Å². The van der Waals surface area contributed by atoms with Gasteiger partial charge >= 0.3 is 0 Å². The number of carbonyl (C=O) groups is 1. The molecule has 1 N–H and O–H groups in total. The van der Waals surface area contributed by atoms with E-state index in [2.05, 4.69) is 23.7 Å². The molecule has 1 aliphatic carbocycles. The standard InChI is InChI=1S/C17H26N2OS/c1-13(14-5-3-2-4-6-14)18-11-17(20)19-9-7-16-15(12-19)8-10-21-16/h8,10,13-14,18H,2-7,9,11-12H2,1H3/t13-/m1/s1. The average molecular weight is 306 g/mol. The second-order valence-electron chi connectivity index (χ2n) is 6.50. The fraction of sp³-hybridized carbons (Fsp3) is 0.706. The molecule has 4 heteroatoms. The summed E-state index contributed by atoms with van der Waals surface area (Å²) in [6.45, 7) is 4.43. The van der Waals surface area contributed by atoms with Gasteiger partial charge in [-0.05, 0) is 49.1 Å². The van der Waals surface area contributed by atoms with Crippen LogP contribution in [0.1, 0.15) is 49.5 Å². The summed E-state index contributed by atoms with van der Waals surface area (Å²) in [7, 11) is 0. The number of hydrogen-bond donors (Lipinski definition) is 1. The van der Waals surface area contributed by atoms with Gasteiger partial charge in [-0.25, -0.2) is 0 Å². The maximum Gasteiger partial charge on any atom is 0.236 e. The van der Waals surface area contributed by atoms with Gasteiger partial charge in [0.15, 0.2) is 0 Å². The molecule has 116 valence electrons. The lowest BCUT2D eigenvalue weighted by Gasteiger charge is -2.30. The number of rotatable bonds is 4. The van der Waals surface area contributed by atoms with Crippen LogP contribution in [0.2, 0.25) is 0 Å². The van der Waals surface area contributed by atoms with Crippen molar-refractivity contribution in [3.05, 3.63) is 21.9 Å². The molecule has 1 saturated carbocycles. The quantitative estimate of drug-likeness (QED) is 0.926. The molecule has 1 amide bonds. The molecule has 1 aromatic rings. The third kappa shape index (κ3) is 3.67. The summed E-state index contributed by atoms with van der Waals surface area (Å²) in [5, 5.41) is 5.62. The normalized spacial score (nSPS) is 21.1. The van der Waals surface area contributed by atoms with Crippen LogP contribution >= 0.6 is 11.3 Å². The van der Waals surface area contributed by atoms with Crippen LogP contribution in [0.15, 0.2) is 11.4 Å². The Kier molecular flexibility index (Phi) is 4.96. The van der Waals surface area contributed by atoms with Gasteiger partial charge < -0.3 is 10.2 Å². The van der Waals surface area contributed by atoms with Crippen LogP contribution in [-0.2, 0) is 17.8 Å². The van der Waals surface area contributed by atoms with Gasteiger partial charge in [-0.15, -0.1) is 11.3 Å². The lowest BCUT2D eigenvalue weighted by atomic mass is 9.84. The van der Waals surface area contributed by atoms with E-state index < -0.39 is 0 Å². The van der Waals surface area contributed by atoms with Gasteiger partial charge in [0.05, 0.1) is 6.54 Å². The molecule has 21 heavy (non-hydrogen) atoms.